The smallest absolute Gasteiger partial charge is 0.339 e. The third-order valence-electron chi connectivity index (χ3n) is 3.38. The van der Waals surface area contributed by atoms with Crippen molar-refractivity contribution < 1.29 is 14.3 Å². The van der Waals surface area contributed by atoms with Gasteiger partial charge in [-0.05, 0) is 25.0 Å². The number of hydrogen-bond acceptors (Lipinski definition) is 2. The van der Waals surface area contributed by atoms with Crippen molar-refractivity contribution in [3.63, 3.8) is 0 Å². The molecule has 1 aromatic heterocycles. The molecule has 4 nitrogen and oxygen atoms in total. The topological polar surface area (TPSA) is 55.1 Å². The van der Waals surface area contributed by atoms with Gasteiger partial charge in [-0.3, -0.25) is 4.68 Å². The molecule has 0 unspecified atom stereocenters. The molecular weight excluding hydrogens is 259 g/mol. The van der Waals surface area contributed by atoms with Crippen LogP contribution in [0, 0.1) is 5.82 Å². The van der Waals surface area contributed by atoms with Crippen molar-refractivity contribution in [1.82, 2.24) is 9.78 Å². The van der Waals surface area contributed by atoms with Gasteiger partial charge in [-0.2, -0.15) is 5.10 Å². The van der Waals surface area contributed by atoms with E-state index in [0.29, 0.717) is 11.3 Å². The number of aromatic carboxylic acids is 1. The van der Waals surface area contributed by atoms with Crippen molar-refractivity contribution in [2.24, 2.45) is 0 Å². The van der Waals surface area contributed by atoms with Crippen LogP contribution in [0.1, 0.15) is 43.1 Å². The predicted octanol–water partition coefficient (Wildman–Crippen LogP) is 3.75. The Morgan fingerprint density at radius 1 is 1.40 bits per heavy atom. The molecule has 0 aliphatic rings. The molecule has 5 heteroatoms. The van der Waals surface area contributed by atoms with E-state index in [9.17, 15) is 14.3 Å². The van der Waals surface area contributed by atoms with Crippen molar-refractivity contribution in [2.45, 2.75) is 32.7 Å². The molecule has 106 valence electrons. The van der Waals surface area contributed by atoms with E-state index in [0.717, 1.165) is 12.8 Å². The molecule has 20 heavy (non-hydrogen) atoms. The standard InChI is InChI=1S/C15H17FN2O2/c1-3-12(4-2)18-9-13(15(19)20)14(17-18)10-6-5-7-11(16)8-10/h5-9,12H,3-4H2,1-2H3,(H,19,20). The molecule has 1 N–H and O–H groups in total. The molecule has 0 bridgehead atoms. The molecule has 0 amide bonds. The average molecular weight is 276 g/mol. The summed E-state index contributed by atoms with van der Waals surface area (Å²) in [6.45, 7) is 4.05. The van der Waals surface area contributed by atoms with Gasteiger partial charge in [0.25, 0.3) is 0 Å². The van der Waals surface area contributed by atoms with E-state index in [1.54, 1.807) is 16.8 Å². The van der Waals surface area contributed by atoms with Gasteiger partial charge in [-0.1, -0.05) is 26.0 Å². The summed E-state index contributed by atoms with van der Waals surface area (Å²) in [7, 11) is 0. The lowest BCUT2D eigenvalue weighted by molar-refractivity contribution is 0.0697. The molecule has 0 spiro atoms. The van der Waals surface area contributed by atoms with Crippen LogP contribution in [0.3, 0.4) is 0 Å². The van der Waals surface area contributed by atoms with E-state index in [2.05, 4.69) is 5.10 Å². The lowest BCUT2D eigenvalue weighted by Crippen LogP contribution is -2.07. The zero-order valence-corrected chi connectivity index (χ0v) is 11.5. The van der Waals surface area contributed by atoms with Crippen LogP contribution >= 0.6 is 0 Å². The number of halogens is 1. The van der Waals surface area contributed by atoms with E-state index in [-0.39, 0.29) is 11.6 Å². The molecular formula is C15H17FN2O2. The van der Waals surface area contributed by atoms with Gasteiger partial charge in [0.1, 0.15) is 17.1 Å². The Labute approximate surface area is 116 Å². The van der Waals surface area contributed by atoms with Crippen LogP contribution in [-0.2, 0) is 0 Å². The summed E-state index contributed by atoms with van der Waals surface area (Å²) < 4.78 is 15.0. The van der Waals surface area contributed by atoms with Crippen LogP contribution in [0.25, 0.3) is 11.3 Å². The van der Waals surface area contributed by atoms with Gasteiger partial charge >= 0.3 is 5.97 Å². The number of rotatable bonds is 5. The normalized spacial score (nSPS) is 11.0. The summed E-state index contributed by atoms with van der Waals surface area (Å²) in [6.07, 6.45) is 3.25. The van der Waals surface area contributed by atoms with Crippen molar-refractivity contribution in [1.29, 1.82) is 0 Å². The number of carboxylic acids is 1. The van der Waals surface area contributed by atoms with Crippen molar-refractivity contribution in [2.75, 3.05) is 0 Å². The van der Waals surface area contributed by atoms with Crippen LogP contribution < -0.4 is 0 Å². The fraction of sp³-hybridized carbons (Fsp3) is 0.333. The zero-order chi connectivity index (χ0) is 14.7. The monoisotopic (exact) mass is 276 g/mol. The maximum absolute atomic E-state index is 13.3. The van der Waals surface area contributed by atoms with Crippen molar-refractivity contribution in [3.8, 4) is 11.3 Å². The fourth-order valence-corrected chi connectivity index (χ4v) is 2.25. The molecule has 2 aromatic rings. The van der Waals surface area contributed by atoms with Crippen LogP contribution in [0.5, 0.6) is 0 Å². The number of aromatic nitrogens is 2. The van der Waals surface area contributed by atoms with Gasteiger partial charge < -0.3 is 5.11 Å². The van der Waals surface area contributed by atoms with E-state index in [1.165, 1.54) is 18.3 Å². The second-order valence-corrected chi connectivity index (χ2v) is 4.66. The first-order valence-corrected chi connectivity index (χ1v) is 6.65. The van der Waals surface area contributed by atoms with Gasteiger partial charge in [0, 0.05) is 11.8 Å². The van der Waals surface area contributed by atoms with Crippen LogP contribution in [0.2, 0.25) is 0 Å². The Bertz CT molecular complexity index is 618. The molecule has 0 atom stereocenters. The highest BCUT2D eigenvalue weighted by molar-refractivity contribution is 5.94. The lowest BCUT2D eigenvalue weighted by atomic mass is 10.1. The SMILES string of the molecule is CCC(CC)n1cc(C(=O)O)c(-c2cccc(F)c2)n1. The maximum Gasteiger partial charge on any atom is 0.339 e. The first kappa shape index (κ1) is 14.2. The van der Waals surface area contributed by atoms with E-state index >= 15 is 0 Å². The Morgan fingerprint density at radius 3 is 2.65 bits per heavy atom. The molecule has 0 aliphatic carbocycles. The Kier molecular flexibility index (Phi) is 4.17. The lowest BCUT2D eigenvalue weighted by Gasteiger charge is -2.12. The second-order valence-electron chi connectivity index (χ2n) is 4.66. The Morgan fingerprint density at radius 2 is 2.10 bits per heavy atom. The predicted molar refractivity (Wildman–Crippen MR) is 74.2 cm³/mol. The maximum atomic E-state index is 13.3. The average Bonchev–Trinajstić information content (AvgIpc) is 2.85. The van der Waals surface area contributed by atoms with Crippen LogP contribution in [0.15, 0.2) is 30.5 Å². The molecule has 1 heterocycles. The van der Waals surface area contributed by atoms with Crippen molar-refractivity contribution in [3.05, 3.63) is 41.8 Å². The number of hydrogen-bond donors (Lipinski definition) is 1. The van der Waals surface area contributed by atoms with Gasteiger partial charge in [0.05, 0.1) is 6.04 Å². The summed E-state index contributed by atoms with van der Waals surface area (Å²) in [6, 6.07) is 5.98. The van der Waals surface area contributed by atoms with Gasteiger partial charge in [-0.25, -0.2) is 9.18 Å². The first-order chi connectivity index (χ1) is 9.56. The quantitative estimate of drug-likeness (QED) is 0.904. The molecule has 0 aliphatic heterocycles. The minimum absolute atomic E-state index is 0.0995. The molecule has 0 fully saturated rings. The number of nitrogens with zero attached hydrogens (tertiary/aromatic N) is 2. The van der Waals surface area contributed by atoms with Gasteiger partial charge in [0.15, 0.2) is 0 Å². The first-order valence-electron chi connectivity index (χ1n) is 6.65. The van der Waals surface area contributed by atoms with E-state index in [4.69, 9.17) is 0 Å². The highest BCUT2D eigenvalue weighted by atomic mass is 19.1. The summed E-state index contributed by atoms with van der Waals surface area (Å²) in [5.41, 5.74) is 0.888. The minimum atomic E-state index is -1.05. The zero-order valence-electron chi connectivity index (χ0n) is 11.5. The molecule has 0 saturated heterocycles. The molecule has 2 rings (SSSR count). The fourth-order valence-electron chi connectivity index (χ4n) is 2.25. The third-order valence-corrected chi connectivity index (χ3v) is 3.38. The summed E-state index contributed by atoms with van der Waals surface area (Å²) in [4.78, 5) is 11.3. The summed E-state index contributed by atoms with van der Waals surface area (Å²) in [5, 5.41) is 13.6. The van der Waals surface area contributed by atoms with Crippen molar-refractivity contribution >= 4 is 5.97 Å². The third kappa shape index (κ3) is 2.71. The molecule has 0 saturated carbocycles. The Balaban J connectivity index is 2.54. The van der Waals surface area contributed by atoms with Gasteiger partial charge in [0.2, 0.25) is 0 Å². The van der Waals surface area contributed by atoms with Gasteiger partial charge in [-0.15, -0.1) is 0 Å². The number of carboxylic acid groups (broad SMARTS) is 1. The largest absolute Gasteiger partial charge is 0.478 e. The number of carbonyl (C=O) groups is 1. The highest BCUT2D eigenvalue weighted by Crippen LogP contribution is 2.26. The summed E-state index contributed by atoms with van der Waals surface area (Å²) >= 11 is 0. The minimum Gasteiger partial charge on any atom is -0.478 e. The summed E-state index contributed by atoms with van der Waals surface area (Å²) in [5.74, 6) is -1.46. The van der Waals surface area contributed by atoms with E-state index < -0.39 is 11.8 Å². The van der Waals surface area contributed by atoms with E-state index in [1.807, 2.05) is 13.8 Å². The number of benzene rings is 1. The second kappa shape index (κ2) is 5.86. The molecule has 0 radical (unpaired) electrons. The Hall–Kier alpha value is -2.17. The molecule has 1 aromatic carbocycles. The van der Waals surface area contributed by atoms with Crippen LogP contribution in [0.4, 0.5) is 4.39 Å². The highest BCUT2D eigenvalue weighted by Gasteiger charge is 2.19. The van der Waals surface area contributed by atoms with Crippen LogP contribution in [-0.4, -0.2) is 20.9 Å².